The van der Waals surface area contributed by atoms with E-state index in [9.17, 15) is 0 Å². The zero-order valence-electron chi connectivity index (χ0n) is 14.1. The summed E-state index contributed by atoms with van der Waals surface area (Å²) in [5.41, 5.74) is 2.13. The van der Waals surface area contributed by atoms with E-state index in [2.05, 4.69) is 20.4 Å². The van der Waals surface area contributed by atoms with Crippen molar-refractivity contribution in [3.63, 3.8) is 0 Å². The molecule has 0 aromatic carbocycles. The third kappa shape index (κ3) is 3.44. The number of hydrogen-bond donors (Lipinski definition) is 1. The van der Waals surface area contributed by atoms with Crippen molar-refractivity contribution >= 4 is 5.82 Å². The first-order chi connectivity index (χ1) is 11.7. The third-order valence-electron chi connectivity index (χ3n) is 4.96. The second-order valence-corrected chi connectivity index (χ2v) is 7.05. The van der Waals surface area contributed by atoms with Crippen LogP contribution in [0.25, 0.3) is 0 Å². The number of furan rings is 1. The largest absolute Gasteiger partial charge is 0.472 e. The number of rotatable bonds is 4. The van der Waals surface area contributed by atoms with Crippen LogP contribution in [0.1, 0.15) is 30.5 Å². The van der Waals surface area contributed by atoms with Crippen LogP contribution >= 0.6 is 0 Å². The van der Waals surface area contributed by atoms with E-state index in [4.69, 9.17) is 9.15 Å². The summed E-state index contributed by atoms with van der Waals surface area (Å²) >= 11 is 0. The fraction of sp³-hybridized carbons (Fsp3) is 0.556. The van der Waals surface area contributed by atoms with Gasteiger partial charge in [0, 0.05) is 25.1 Å². The molecule has 2 aliphatic heterocycles. The maximum absolute atomic E-state index is 6.26. The molecule has 0 bridgehead atoms. The van der Waals surface area contributed by atoms with E-state index < -0.39 is 0 Å². The highest BCUT2D eigenvalue weighted by atomic mass is 16.5. The molecule has 2 aromatic rings. The lowest BCUT2D eigenvalue weighted by Crippen LogP contribution is -2.47. The van der Waals surface area contributed by atoms with Crippen LogP contribution in [-0.2, 0) is 11.3 Å². The van der Waals surface area contributed by atoms with Gasteiger partial charge in [0.05, 0.1) is 36.5 Å². The summed E-state index contributed by atoms with van der Waals surface area (Å²) in [6.07, 6.45) is 6.90. The highest BCUT2D eigenvalue weighted by Gasteiger charge is 2.43. The fourth-order valence-electron chi connectivity index (χ4n) is 3.87. The fourth-order valence-corrected chi connectivity index (χ4v) is 3.87. The molecule has 4 rings (SSSR count). The van der Waals surface area contributed by atoms with Gasteiger partial charge in [0.1, 0.15) is 5.82 Å². The van der Waals surface area contributed by atoms with Crippen LogP contribution in [0, 0.1) is 6.92 Å². The Balaban J connectivity index is 1.36. The van der Waals surface area contributed by atoms with Gasteiger partial charge in [-0.25, -0.2) is 0 Å². The van der Waals surface area contributed by atoms with E-state index in [1.54, 1.807) is 6.26 Å². The van der Waals surface area contributed by atoms with Crippen molar-refractivity contribution in [3.8, 4) is 0 Å². The molecule has 2 aliphatic rings. The number of hydrogen-bond acceptors (Lipinski definition) is 6. The van der Waals surface area contributed by atoms with Crippen molar-refractivity contribution in [2.75, 3.05) is 25.0 Å². The average molecular weight is 328 g/mol. The number of ether oxygens (including phenoxy) is 1. The minimum atomic E-state index is -0.0300. The minimum Gasteiger partial charge on any atom is -0.472 e. The van der Waals surface area contributed by atoms with E-state index >= 15 is 0 Å². The number of aromatic nitrogens is 2. The topological polar surface area (TPSA) is 63.4 Å². The second-order valence-electron chi connectivity index (χ2n) is 7.05. The first-order valence-electron chi connectivity index (χ1n) is 8.65. The van der Waals surface area contributed by atoms with Gasteiger partial charge in [-0.3, -0.25) is 4.90 Å². The van der Waals surface area contributed by atoms with Crippen LogP contribution in [0.3, 0.4) is 0 Å². The number of anilines is 1. The predicted molar refractivity (Wildman–Crippen MR) is 90.7 cm³/mol. The maximum atomic E-state index is 6.26. The Morgan fingerprint density at radius 3 is 3.08 bits per heavy atom. The first-order valence-corrected chi connectivity index (χ1v) is 8.65. The van der Waals surface area contributed by atoms with Crippen LogP contribution in [0.2, 0.25) is 0 Å². The summed E-state index contributed by atoms with van der Waals surface area (Å²) in [6.45, 7) is 5.72. The third-order valence-corrected chi connectivity index (χ3v) is 4.96. The predicted octanol–water partition coefficient (Wildman–Crippen LogP) is 2.61. The molecular weight excluding hydrogens is 304 g/mol. The lowest BCUT2D eigenvalue weighted by atomic mass is 9.88. The van der Waals surface area contributed by atoms with Crippen molar-refractivity contribution in [2.24, 2.45) is 0 Å². The van der Waals surface area contributed by atoms with Gasteiger partial charge in [0.15, 0.2) is 0 Å². The van der Waals surface area contributed by atoms with Crippen LogP contribution in [0.15, 0.2) is 35.1 Å². The Kier molecular flexibility index (Phi) is 4.24. The molecule has 4 heterocycles. The molecule has 1 spiro atoms. The van der Waals surface area contributed by atoms with E-state index in [1.807, 2.05) is 31.4 Å². The van der Waals surface area contributed by atoms with Crippen LogP contribution in [0.5, 0.6) is 0 Å². The van der Waals surface area contributed by atoms with Gasteiger partial charge >= 0.3 is 0 Å². The van der Waals surface area contributed by atoms with Crippen molar-refractivity contribution in [2.45, 2.75) is 44.4 Å². The molecule has 0 amide bonds. The van der Waals surface area contributed by atoms with Gasteiger partial charge in [-0.1, -0.05) is 0 Å². The van der Waals surface area contributed by atoms with Gasteiger partial charge in [0.2, 0.25) is 0 Å². The van der Waals surface area contributed by atoms with Crippen molar-refractivity contribution in [1.29, 1.82) is 0 Å². The summed E-state index contributed by atoms with van der Waals surface area (Å²) in [4.78, 5) is 2.47. The first kappa shape index (κ1) is 15.6. The van der Waals surface area contributed by atoms with Crippen molar-refractivity contribution in [1.82, 2.24) is 15.1 Å². The summed E-state index contributed by atoms with van der Waals surface area (Å²) in [7, 11) is 0. The normalized spacial score (nSPS) is 27.6. The molecule has 24 heavy (non-hydrogen) atoms. The molecule has 6 heteroatoms. The Hall–Kier alpha value is -1.92. The van der Waals surface area contributed by atoms with E-state index in [1.165, 1.54) is 12.0 Å². The molecule has 0 radical (unpaired) electrons. The molecule has 6 nitrogen and oxygen atoms in total. The monoisotopic (exact) mass is 328 g/mol. The number of piperidine rings is 1. The van der Waals surface area contributed by atoms with Gasteiger partial charge in [-0.05, 0) is 44.5 Å². The Morgan fingerprint density at radius 2 is 2.29 bits per heavy atom. The van der Waals surface area contributed by atoms with E-state index in [-0.39, 0.29) is 5.60 Å². The lowest BCUT2D eigenvalue weighted by molar-refractivity contribution is -0.0533. The number of aryl methyl sites for hydroxylation is 1. The summed E-state index contributed by atoms with van der Waals surface area (Å²) in [5.74, 6) is 0.831. The zero-order chi connectivity index (χ0) is 16.4. The molecule has 2 aromatic heterocycles. The Morgan fingerprint density at radius 1 is 1.33 bits per heavy atom. The molecule has 0 unspecified atom stereocenters. The maximum Gasteiger partial charge on any atom is 0.148 e. The molecule has 2 fully saturated rings. The van der Waals surface area contributed by atoms with E-state index in [0.29, 0.717) is 6.04 Å². The van der Waals surface area contributed by atoms with Gasteiger partial charge < -0.3 is 14.5 Å². The summed E-state index contributed by atoms with van der Waals surface area (Å²) < 4.78 is 11.4. The van der Waals surface area contributed by atoms with Crippen LogP contribution < -0.4 is 5.32 Å². The SMILES string of the molecule is Cc1ccc(N[C@@H]2CO[C@@]3(CCCN(Cc4ccoc4)C3)C2)nn1. The highest BCUT2D eigenvalue weighted by Crippen LogP contribution is 2.36. The molecule has 0 saturated carbocycles. The van der Waals surface area contributed by atoms with Crippen molar-refractivity contribution < 1.29 is 9.15 Å². The average Bonchev–Trinajstić information content (AvgIpc) is 3.21. The Bertz CT molecular complexity index is 658. The van der Waals surface area contributed by atoms with E-state index in [0.717, 1.165) is 50.6 Å². The van der Waals surface area contributed by atoms with Gasteiger partial charge in [-0.2, -0.15) is 5.10 Å². The standard InChI is InChI=1S/C18H24N4O2/c1-14-3-4-17(21-20-14)19-16-9-18(24-12-16)6-2-7-22(13-18)10-15-5-8-23-11-15/h3-5,8,11,16H,2,6-7,9-10,12-13H2,1H3,(H,19,21)/t16-,18-/m0/s1. The molecule has 2 atom stereocenters. The molecule has 2 saturated heterocycles. The lowest BCUT2D eigenvalue weighted by Gasteiger charge is -2.39. The second kappa shape index (κ2) is 6.53. The van der Waals surface area contributed by atoms with Crippen molar-refractivity contribution in [3.05, 3.63) is 42.0 Å². The quantitative estimate of drug-likeness (QED) is 0.931. The summed E-state index contributed by atoms with van der Waals surface area (Å²) in [5, 5.41) is 11.8. The highest BCUT2D eigenvalue weighted by molar-refractivity contribution is 5.34. The summed E-state index contributed by atoms with van der Waals surface area (Å²) in [6, 6.07) is 6.31. The van der Waals surface area contributed by atoms with Gasteiger partial charge in [-0.15, -0.1) is 5.10 Å². The minimum absolute atomic E-state index is 0.0300. The number of nitrogens with one attached hydrogen (secondary N) is 1. The molecule has 128 valence electrons. The smallest absolute Gasteiger partial charge is 0.148 e. The zero-order valence-corrected chi connectivity index (χ0v) is 14.1. The molecular formula is C18H24N4O2. The number of likely N-dealkylation sites (tertiary alicyclic amines) is 1. The molecule has 1 N–H and O–H groups in total. The van der Waals surface area contributed by atoms with Crippen LogP contribution in [-0.4, -0.2) is 46.4 Å². The van der Waals surface area contributed by atoms with Gasteiger partial charge in [0.25, 0.3) is 0 Å². The number of nitrogens with zero attached hydrogens (tertiary/aromatic N) is 3. The van der Waals surface area contributed by atoms with Crippen LogP contribution in [0.4, 0.5) is 5.82 Å². The Labute approximate surface area is 142 Å². The molecule has 0 aliphatic carbocycles.